The zero-order valence-corrected chi connectivity index (χ0v) is 20.1. The van der Waals surface area contributed by atoms with Crippen LogP contribution in [0.1, 0.15) is 106 Å². The zero-order chi connectivity index (χ0) is 21.7. The molecule has 3 nitrogen and oxygen atoms in total. The first kappa shape index (κ1) is 21.0. The van der Waals surface area contributed by atoms with Gasteiger partial charge in [0, 0.05) is 24.2 Å². The van der Waals surface area contributed by atoms with Gasteiger partial charge in [0.05, 0.1) is 0 Å². The molecule has 0 aromatic rings. The van der Waals surface area contributed by atoms with Crippen LogP contribution in [0.2, 0.25) is 0 Å². The summed E-state index contributed by atoms with van der Waals surface area (Å²) in [5.74, 6) is 2.90. The lowest BCUT2D eigenvalue weighted by Crippen LogP contribution is -2.63. The van der Waals surface area contributed by atoms with Crippen LogP contribution in [0.3, 0.4) is 0 Å². The predicted molar refractivity (Wildman–Crippen MR) is 118 cm³/mol. The van der Waals surface area contributed by atoms with E-state index in [1.165, 1.54) is 38.5 Å². The Kier molecular flexibility index (Phi) is 4.29. The maximum absolute atomic E-state index is 12.8. The van der Waals surface area contributed by atoms with Gasteiger partial charge in [0.15, 0.2) is 0 Å². The van der Waals surface area contributed by atoms with Crippen molar-refractivity contribution in [3.8, 4) is 0 Å². The van der Waals surface area contributed by atoms with E-state index in [0.29, 0.717) is 46.7 Å². The maximum atomic E-state index is 12.8. The molecule has 168 valence electrons. The molecule has 0 aromatic heterocycles. The van der Waals surface area contributed by atoms with Gasteiger partial charge < -0.3 is 4.74 Å². The van der Waals surface area contributed by atoms with E-state index in [-0.39, 0.29) is 22.4 Å². The van der Waals surface area contributed by atoms with E-state index in [0.717, 1.165) is 19.3 Å². The molecule has 8 atom stereocenters. The van der Waals surface area contributed by atoms with Crippen LogP contribution in [0.15, 0.2) is 0 Å². The molecule has 1 heterocycles. The molecule has 5 aliphatic rings. The van der Waals surface area contributed by atoms with Crippen molar-refractivity contribution >= 4 is 11.8 Å². The number of ether oxygens (including phenoxy) is 1. The predicted octanol–water partition coefficient (Wildman–Crippen LogP) is 6.34. The average Bonchev–Trinajstić information content (AvgIpc) is 3.20. The fourth-order valence-electron chi connectivity index (χ4n) is 10.2. The molecule has 4 aliphatic carbocycles. The lowest BCUT2D eigenvalue weighted by molar-refractivity contribution is -0.207. The third-order valence-electron chi connectivity index (χ3n) is 12.1. The number of cyclic esters (lactones) is 1. The third-order valence-corrected chi connectivity index (χ3v) is 12.1. The van der Waals surface area contributed by atoms with Gasteiger partial charge in [0.25, 0.3) is 0 Å². The van der Waals surface area contributed by atoms with Crippen LogP contribution < -0.4 is 0 Å². The number of hydrogen-bond acceptors (Lipinski definition) is 3. The Morgan fingerprint density at radius 2 is 1.40 bits per heavy atom. The molecule has 0 amide bonds. The Hall–Kier alpha value is -0.860. The topological polar surface area (TPSA) is 43.4 Å². The van der Waals surface area contributed by atoms with E-state index in [1.54, 1.807) is 0 Å². The quantitative estimate of drug-likeness (QED) is 0.470. The third kappa shape index (κ3) is 2.39. The molecule has 1 saturated heterocycles. The van der Waals surface area contributed by atoms with E-state index in [4.69, 9.17) is 4.74 Å². The molecule has 0 N–H and O–H groups in total. The fourth-order valence-corrected chi connectivity index (χ4v) is 10.2. The highest BCUT2D eigenvalue weighted by molar-refractivity contribution is 5.85. The van der Waals surface area contributed by atoms with Gasteiger partial charge in [-0.2, -0.15) is 0 Å². The van der Waals surface area contributed by atoms with Crippen LogP contribution in [0.4, 0.5) is 0 Å². The lowest BCUT2D eigenvalue weighted by Gasteiger charge is -2.69. The zero-order valence-electron chi connectivity index (χ0n) is 20.1. The summed E-state index contributed by atoms with van der Waals surface area (Å²) in [5.41, 5.74) is 0.503. The number of carbonyl (C=O) groups excluding carboxylic acids is 2. The van der Waals surface area contributed by atoms with E-state index in [9.17, 15) is 9.59 Å². The van der Waals surface area contributed by atoms with Gasteiger partial charge in [-0.3, -0.25) is 9.59 Å². The summed E-state index contributed by atoms with van der Waals surface area (Å²) >= 11 is 0. The number of fused-ring (bicyclic) bond motifs is 5. The van der Waals surface area contributed by atoms with Crippen LogP contribution in [0, 0.1) is 45.3 Å². The van der Waals surface area contributed by atoms with E-state index >= 15 is 0 Å². The van der Waals surface area contributed by atoms with Crippen LogP contribution in [-0.2, 0) is 14.3 Å². The van der Waals surface area contributed by atoms with Crippen molar-refractivity contribution in [1.29, 1.82) is 0 Å². The first-order chi connectivity index (χ1) is 13.9. The van der Waals surface area contributed by atoms with Crippen molar-refractivity contribution in [2.24, 2.45) is 45.3 Å². The molecule has 0 unspecified atom stereocenters. The molecule has 30 heavy (non-hydrogen) atoms. The van der Waals surface area contributed by atoms with Gasteiger partial charge in [-0.05, 0) is 92.3 Å². The molecule has 0 spiro atoms. The van der Waals surface area contributed by atoms with E-state index < -0.39 is 0 Å². The summed E-state index contributed by atoms with van der Waals surface area (Å²) in [6.45, 7) is 14.4. The monoisotopic (exact) mass is 414 g/mol. The summed E-state index contributed by atoms with van der Waals surface area (Å²) in [6, 6.07) is 0. The van der Waals surface area contributed by atoms with Gasteiger partial charge >= 0.3 is 5.97 Å². The number of rotatable bonds is 1. The molecular weight excluding hydrogens is 372 g/mol. The SMILES string of the molecule is CC1(C)C(=O)CC[C@@]2(C)[C@H]1CC[C@]1(C)[C@H]2CC[C@@H]2[C@@H]([C@]3(C)CCC(=O)O3)CC[C@]21C. The van der Waals surface area contributed by atoms with Crippen LogP contribution in [-0.4, -0.2) is 17.4 Å². The summed E-state index contributed by atoms with van der Waals surface area (Å²) in [5, 5.41) is 0. The van der Waals surface area contributed by atoms with Crippen molar-refractivity contribution < 1.29 is 14.3 Å². The highest BCUT2D eigenvalue weighted by Crippen LogP contribution is 2.75. The molecule has 5 rings (SSSR count). The van der Waals surface area contributed by atoms with Crippen molar-refractivity contribution in [2.75, 3.05) is 0 Å². The fraction of sp³-hybridized carbons (Fsp3) is 0.926. The molecular formula is C27H42O3. The van der Waals surface area contributed by atoms with Crippen LogP contribution >= 0.6 is 0 Å². The van der Waals surface area contributed by atoms with Gasteiger partial charge in [-0.15, -0.1) is 0 Å². The molecule has 0 aromatic carbocycles. The van der Waals surface area contributed by atoms with Gasteiger partial charge in [0.1, 0.15) is 11.4 Å². The standard InChI is InChI=1S/C27H42O3/c1-23(2)19-10-15-26(5)20(24(19,3)13-11-21(23)28)8-7-17-18(9-14-25(17,26)4)27(6)16-12-22(29)30-27/h17-20H,7-16H2,1-6H3/t17-,18+,19+,20+,24+,25-,26-,27+/m1/s1. The minimum atomic E-state index is -0.247. The van der Waals surface area contributed by atoms with Gasteiger partial charge in [-0.1, -0.05) is 34.6 Å². The summed E-state index contributed by atoms with van der Waals surface area (Å²) in [7, 11) is 0. The Morgan fingerprint density at radius 3 is 2.07 bits per heavy atom. The molecule has 0 bridgehead atoms. The van der Waals surface area contributed by atoms with Crippen LogP contribution in [0.25, 0.3) is 0 Å². The highest BCUT2D eigenvalue weighted by Gasteiger charge is 2.70. The van der Waals surface area contributed by atoms with Gasteiger partial charge in [0.2, 0.25) is 0 Å². The van der Waals surface area contributed by atoms with E-state index in [2.05, 4.69) is 41.5 Å². The summed E-state index contributed by atoms with van der Waals surface area (Å²) in [4.78, 5) is 24.8. The second-order valence-corrected chi connectivity index (χ2v) is 13.2. The van der Waals surface area contributed by atoms with Crippen molar-refractivity contribution in [3.05, 3.63) is 0 Å². The number of hydrogen-bond donors (Lipinski definition) is 0. The van der Waals surface area contributed by atoms with Crippen molar-refractivity contribution in [2.45, 2.75) is 111 Å². The number of carbonyl (C=O) groups is 2. The Morgan fingerprint density at radius 1 is 0.700 bits per heavy atom. The first-order valence-electron chi connectivity index (χ1n) is 12.6. The normalized spacial score (nSPS) is 54.9. The van der Waals surface area contributed by atoms with Crippen LogP contribution in [0.5, 0.6) is 0 Å². The Bertz CT molecular complexity index is 785. The van der Waals surface area contributed by atoms with Gasteiger partial charge in [-0.25, -0.2) is 0 Å². The number of Topliss-reactive ketones (excluding diaryl/α,β-unsaturated/α-hetero) is 1. The number of esters is 1. The summed E-state index contributed by atoms with van der Waals surface area (Å²) in [6.07, 6.45) is 10.8. The second-order valence-electron chi connectivity index (χ2n) is 13.2. The molecule has 4 saturated carbocycles. The first-order valence-corrected chi connectivity index (χ1v) is 12.6. The molecule has 0 radical (unpaired) electrons. The largest absolute Gasteiger partial charge is 0.459 e. The lowest BCUT2D eigenvalue weighted by atomic mass is 9.35. The summed E-state index contributed by atoms with van der Waals surface area (Å²) < 4.78 is 5.96. The minimum Gasteiger partial charge on any atom is -0.459 e. The molecule has 3 heteroatoms. The minimum absolute atomic E-state index is 0.00752. The average molecular weight is 415 g/mol. The number of ketones is 1. The van der Waals surface area contributed by atoms with E-state index in [1.807, 2.05) is 0 Å². The highest BCUT2D eigenvalue weighted by atomic mass is 16.6. The van der Waals surface area contributed by atoms with Crippen molar-refractivity contribution in [1.82, 2.24) is 0 Å². The molecule has 5 fully saturated rings. The van der Waals surface area contributed by atoms with Crippen molar-refractivity contribution in [3.63, 3.8) is 0 Å². The second kappa shape index (κ2) is 6.13. The Labute approximate surface area is 183 Å². The maximum Gasteiger partial charge on any atom is 0.306 e. The smallest absolute Gasteiger partial charge is 0.306 e. The Balaban J connectivity index is 1.50. The molecule has 1 aliphatic heterocycles.